The first-order valence-corrected chi connectivity index (χ1v) is 6.95. The molecule has 0 bridgehead atoms. The van der Waals surface area contributed by atoms with Crippen molar-refractivity contribution in [3.63, 3.8) is 0 Å². The molecule has 106 valence electrons. The minimum absolute atomic E-state index is 0.0595. The van der Waals surface area contributed by atoms with Gasteiger partial charge in [0, 0.05) is 20.1 Å². The molecule has 5 heteroatoms. The van der Waals surface area contributed by atoms with Gasteiger partial charge in [0.1, 0.15) is 5.41 Å². The van der Waals surface area contributed by atoms with Crippen LogP contribution in [0.15, 0.2) is 0 Å². The molecule has 0 aromatic carbocycles. The van der Waals surface area contributed by atoms with Gasteiger partial charge in [0.05, 0.1) is 12.6 Å². The first kappa shape index (κ1) is 15.5. The Bertz CT molecular complexity index is 377. The summed E-state index contributed by atoms with van der Waals surface area (Å²) in [5.41, 5.74) is -0.891. The maximum atomic E-state index is 12.4. The summed E-state index contributed by atoms with van der Waals surface area (Å²) in [6.07, 6.45) is 3.06. The van der Waals surface area contributed by atoms with E-state index in [0.717, 1.165) is 12.8 Å². The first-order valence-electron chi connectivity index (χ1n) is 6.95. The molecule has 2 amide bonds. The van der Waals surface area contributed by atoms with Gasteiger partial charge in [-0.1, -0.05) is 12.8 Å². The Morgan fingerprint density at radius 2 is 1.74 bits per heavy atom. The maximum Gasteiger partial charge on any atom is 0.243 e. The Balaban J connectivity index is 2.68. The summed E-state index contributed by atoms with van der Waals surface area (Å²) in [6, 6.07) is 2.17. The zero-order valence-corrected chi connectivity index (χ0v) is 12.1. The van der Waals surface area contributed by atoms with Gasteiger partial charge in [-0.15, -0.1) is 0 Å². The molecule has 0 atom stereocenters. The van der Waals surface area contributed by atoms with E-state index in [1.807, 2.05) is 13.8 Å². The Kier molecular flexibility index (Phi) is 5.34. The highest BCUT2D eigenvalue weighted by atomic mass is 16.2. The van der Waals surface area contributed by atoms with Crippen molar-refractivity contribution in [1.82, 2.24) is 9.80 Å². The van der Waals surface area contributed by atoms with Crippen LogP contribution in [0.3, 0.4) is 0 Å². The third-order valence-corrected chi connectivity index (χ3v) is 3.92. The number of hydrogen-bond acceptors (Lipinski definition) is 3. The van der Waals surface area contributed by atoms with Crippen molar-refractivity contribution >= 4 is 11.8 Å². The maximum absolute atomic E-state index is 12.4. The summed E-state index contributed by atoms with van der Waals surface area (Å²) in [4.78, 5) is 27.4. The lowest BCUT2D eigenvalue weighted by Gasteiger charge is -2.28. The van der Waals surface area contributed by atoms with Gasteiger partial charge in [-0.05, 0) is 26.7 Å². The Morgan fingerprint density at radius 3 is 2.16 bits per heavy atom. The molecule has 19 heavy (non-hydrogen) atoms. The predicted molar refractivity (Wildman–Crippen MR) is 72.1 cm³/mol. The highest BCUT2D eigenvalue weighted by Crippen LogP contribution is 2.38. The number of nitrogens with zero attached hydrogens (tertiary/aromatic N) is 3. The number of nitriles is 1. The van der Waals surface area contributed by atoms with Gasteiger partial charge in [-0.25, -0.2) is 0 Å². The molecule has 0 spiro atoms. The molecular formula is C14H23N3O2. The van der Waals surface area contributed by atoms with Gasteiger partial charge < -0.3 is 9.80 Å². The Morgan fingerprint density at radius 1 is 1.21 bits per heavy atom. The standard InChI is InChI=1S/C14H23N3O2/c1-4-17(5-2)12(18)10-16(3)13(19)14(11-15)8-6-7-9-14/h4-10H2,1-3H3. The van der Waals surface area contributed by atoms with Gasteiger partial charge in [0.15, 0.2) is 0 Å². The topological polar surface area (TPSA) is 64.4 Å². The van der Waals surface area contributed by atoms with E-state index in [4.69, 9.17) is 0 Å². The summed E-state index contributed by atoms with van der Waals surface area (Å²) in [5.74, 6) is -0.264. The van der Waals surface area contributed by atoms with Crippen LogP contribution in [0.2, 0.25) is 0 Å². The van der Waals surface area contributed by atoms with Crippen LogP contribution in [-0.2, 0) is 9.59 Å². The van der Waals surface area contributed by atoms with Crippen molar-refractivity contribution in [2.45, 2.75) is 39.5 Å². The van der Waals surface area contributed by atoms with Gasteiger partial charge >= 0.3 is 0 Å². The van der Waals surface area contributed by atoms with Gasteiger partial charge in [-0.3, -0.25) is 9.59 Å². The fraction of sp³-hybridized carbons (Fsp3) is 0.786. The molecule has 0 saturated heterocycles. The van der Waals surface area contributed by atoms with E-state index < -0.39 is 5.41 Å². The summed E-state index contributed by atoms with van der Waals surface area (Å²) >= 11 is 0. The van der Waals surface area contributed by atoms with E-state index in [0.29, 0.717) is 25.9 Å². The zero-order valence-electron chi connectivity index (χ0n) is 12.1. The number of carbonyl (C=O) groups is 2. The third-order valence-electron chi connectivity index (χ3n) is 3.92. The van der Waals surface area contributed by atoms with E-state index >= 15 is 0 Å². The second-order valence-electron chi connectivity index (χ2n) is 5.13. The highest BCUT2D eigenvalue weighted by molar-refractivity contribution is 5.89. The predicted octanol–water partition coefficient (Wildman–Crippen LogP) is 1.40. The van der Waals surface area contributed by atoms with Gasteiger partial charge in [-0.2, -0.15) is 5.26 Å². The molecule has 5 nitrogen and oxygen atoms in total. The number of rotatable bonds is 5. The van der Waals surface area contributed by atoms with Crippen LogP contribution < -0.4 is 0 Å². The van der Waals surface area contributed by atoms with Crippen LogP contribution in [0.5, 0.6) is 0 Å². The van der Waals surface area contributed by atoms with Crippen molar-refractivity contribution in [1.29, 1.82) is 5.26 Å². The molecule has 0 N–H and O–H groups in total. The molecule has 1 rings (SSSR count). The molecule has 0 aliphatic heterocycles. The van der Waals surface area contributed by atoms with E-state index in [2.05, 4.69) is 6.07 Å². The molecule has 0 aromatic heterocycles. The lowest BCUT2D eigenvalue weighted by atomic mass is 9.86. The normalized spacial score (nSPS) is 16.7. The second-order valence-corrected chi connectivity index (χ2v) is 5.13. The third kappa shape index (κ3) is 3.25. The van der Waals surface area contributed by atoms with Crippen molar-refractivity contribution in [2.24, 2.45) is 5.41 Å². The van der Waals surface area contributed by atoms with Crippen molar-refractivity contribution in [3.8, 4) is 6.07 Å². The SMILES string of the molecule is CCN(CC)C(=O)CN(C)C(=O)C1(C#N)CCCC1. The average Bonchev–Trinajstić information content (AvgIpc) is 2.89. The van der Waals surface area contributed by atoms with Crippen molar-refractivity contribution in [3.05, 3.63) is 0 Å². The molecule has 0 unspecified atom stereocenters. The fourth-order valence-corrected chi connectivity index (χ4v) is 2.67. The van der Waals surface area contributed by atoms with Crippen LogP contribution >= 0.6 is 0 Å². The van der Waals surface area contributed by atoms with E-state index in [9.17, 15) is 14.9 Å². The van der Waals surface area contributed by atoms with Crippen LogP contribution in [0.25, 0.3) is 0 Å². The molecule has 0 heterocycles. The summed E-state index contributed by atoms with van der Waals surface area (Å²) in [6.45, 7) is 5.17. The molecule has 1 saturated carbocycles. The number of hydrogen-bond donors (Lipinski definition) is 0. The number of amides is 2. The number of likely N-dealkylation sites (N-methyl/N-ethyl adjacent to an activating group) is 2. The average molecular weight is 265 g/mol. The minimum atomic E-state index is -0.891. The van der Waals surface area contributed by atoms with Gasteiger partial charge in [0.2, 0.25) is 11.8 Å². The fourth-order valence-electron chi connectivity index (χ4n) is 2.67. The smallest absolute Gasteiger partial charge is 0.243 e. The summed E-state index contributed by atoms with van der Waals surface area (Å²) in [7, 11) is 1.61. The van der Waals surface area contributed by atoms with Crippen LogP contribution in [0.1, 0.15) is 39.5 Å². The molecule has 0 radical (unpaired) electrons. The molecule has 0 aromatic rings. The lowest BCUT2D eigenvalue weighted by molar-refractivity contribution is -0.143. The first-order chi connectivity index (χ1) is 9.00. The minimum Gasteiger partial charge on any atom is -0.342 e. The second kappa shape index (κ2) is 6.55. The largest absolute Gasteiger partial charge is 0.342 e. The van der Waals surface area contributed by atoms with Crippen LogP contribution in [-0.4, -0.2) is 48.3 Å². The zero-order chi connectivity index (χ0) is 14.5. The highest BCUT2D eigenvalue weighted by Gasteiger charge is 2.43. The summed E-state index contributed by atoms with van der Waals surface area (Å²) < 4.78 is 0. The van der Waals surface area contributed by atoms with E-state index in [1.165, 1.54) is 4.90 Å². The van der Waals surface area contributed by atoms with Crippen molar-refractivity contribution in [2.75, 3.05) is 26.7 Å². The Labute approximate surface area is 115 Å². The quantitative estimate of drug-likeness (QED) is 0.754. The van der Waals surface area contributed by atoms with Crippen molar-refractivity contribution < 1.29 is 9.59 Å². The molecule has 1 aliphatic carbocycles. The Hall–Kier alpha value is -1.57. The monoisotopic (exact) mass is 265 g/mol. The molecular weight excluding hydrogens is 242 g/mol. The van der Waals surface area contributed by atoms with Crippen LogP contribution in [0, 0.1) is 16.7 Å². The summed E-state index contributed by atoms with van der Waals surface area (Å²) in [5, 5.41) is 9.28. The van der Waals surface area contributed by atoms with E-state index in [-0.39, 0.29) is 18.4 Å². The van der Waals surface area contributed by atoms with E-state index in [1.54, 1.807) is 11.9 Å². The molecule has 1 aliphatic rings. The lowest BCUT2D eigenvalue weighted by Crippen LogP contribution is -2.45. The van der Waals surface area contributed by atoms with Gasteiger partial charge in [0.25, 0.3) is 0 Å². The van der Waals surface area contributed by atoms with Crippen LogP contribution in [0.4, 0.5) is 0 Å². The number of carbonyl (C=O) groups excluding carboxylic acids is 2. The molecule has 1 fully saturated rings.